The number of likely N-dealkylation sites (N-methyl/N-ethyl adjacent to an activating group) is 1. The summed E-state index contributed by atoms with van der Waals surface area (Å²) in [4.78, 5) is 36.5. The van der Waals surface area contributed by atoms with Crippen molar-refractivity contribution in [1.29, 1.82) is 0 Å². The van der Waals surface area contributed by atoms with Gasteiger partial charge >= 0.3 is 0 Å². The molecule has 0 bridgehead atoms. The molecule has 7 nitrogen and oxygen atoms in total. The van der Waals surface area contributed by atoms with Gasteiger partial charge in [0.15, 0.2) is 0 Å². The second-order valence-electron chi connectivity index (χ2n) is 7.47. The molecule has 0 fully saturated rings. The van der Waals surface area contributed by atoms with Gasteiger partial charge < -0.3 is 15.5 Å². The smallest absolute Gasteiger partial charge is 0.258 e. The molecule has 0 atom stereocenters. The normalized spacial score (nSPS) is 13.0. The molecule has 8 heteroatoms. The van der Waals surface area contributed by atoms with Crippen LogP contribution in [0.15, 0.2) is 65.8 Å². The van der Waals surface area contributed by atoms with Crippen molar-refractivity contribution in [3.8, 4) is 0 Å². The summed E-state index contributed by atoms with van der Waals surface area (Å²) in [6.45, 7) is 3.50. The average Bonchev–Trinajstić information content (AvgIpc) is 3.22. The molecule has 3 aromatic rings. The molecule has 0 spiro atoms. The summed E-state index contributed by atoms with van der Waals surface area (Å²) in [6.07, 6.45) is 1.45. The molecular formula is C24H22ClN5O2. The van der Waals surface area contributed by atoms with Crippen LogP contribution in [0.1, 0.15) is 31.8 Å². The fourth-order valence-electron chi connectivity index (χ4n) is 3.46. The van der Waals surface area contributed by atoms with Gasteiger partial charge in [0.1, 0.15) is 11.7 Å². The predicted octanol–water partition coefficient (Wildman–Crippen LogP) is 4.24. The van der Waals surface area contributed by atoms with Crippen molar-refractivity contribution in [2.24, 2.45) is 4.99 Å². The molecular weight excluding hydrogens is 426 g/mol. The Balaban J connectivity index is 1.53. The topological polar surface area (TPSA) is 86.7 Å². The number of benzene rings is 2. The number of carbonyl (C=O) groups is 2. The number of pyridine rings is 1. The van der Waals surface area contributed by atoms with Gasteiger partial charge in [-0.1, -0.05) is 35.9 Å². The van der Waals surface area contributed by atoms with E-state index in [1.807, 2.05) is 32.2 Å². The highest BCUT2D eigenvalue weighted by atomic mass is 35.5. The zero-order valence-electron chi connectivity index (χ0n) is 17.7. The van der Waals surface area contributed by atoms with Crippen molar-refractivity contribution in [2.45, 2.75) is 6.92 Å². The standard InChI is InChI=1S/C24H22ClN5O2/c1-15-4-3-5-19(24(32)28-20-11-10-18(25)14-27-20)21(15)29-23(31)17-8-6-16(7-9-17)22-26-12-13-30(22)2/h3-11,14H,12-13H2,1-2H3,(H,29,31)(H,27,28,32). The number of anilines is 2. The summed E-state index contributed by atoms with van der Waals surface area (Å²) in [5, 5.41) is 6.09. The Morgan fingerprint density at radius 2 is 1.78 bits per heavy atom. The molecule has 1 aromatic heterocycles. The van der Waals surface area contributed by atoms with E-state index in [4.69, 9.17) is 11.6 Å². The number of para-hydroxylation sites is 1. The van der Waals surface area contributed by atoms with Crippen molar-refractivity contribution >= 4 is 40.8 Å². The molecule has 2 heterocycles. The largest absolute Gasteiger partial charge is 0.358 e. The molecule has 4 rings (SSSR count). The van der Waals surface area contributed by atoms with Gasteiger partial charge in [0.25, 0.3) is 11.8 Å². The Morgan fingerprint density at radius 1 is 1.00 bits per heavy atom. The number of rotatable bonds is 5. The highest BCUT2D eigenvalue weighted by molar-refractivity contribution is 6.30. The first-order valence-electron chi connectivity index (χ1n) is 10.1. The molecule has 2 amide bonds. The van der Waals surface area contributed by atoms with E-state index in [-0.39, 0.29) is 11.8 Å². The molecule has 162 valence electrons. The highest BCUT2D eigenvalue weighted by Gasteiger charge is 2.18. The Kier molecular flexibility index (Phi) is 6.18. The van der Waals surface area contributed by atoms with Gasteiger partial charge in [-0.15, -0.1) is 0 Å². The summed E-state index contributed by atoms with van der Waals surface area (Å²) in [7, 11) is 2.00. The molecule has 2 aromatic carbocycles. The monoisotopic (exact) mass is 447 g/mol. The highest BCUT2D eigenvalue weighted by Crippen LogP contribution is 2.23. The van der Waals surface area contributed by atoms with Gasteiger partial charge in [-0.3, -0.25) is 14.6 Å². The Hall–Kier alpha value is -3.71. The lowest BCUT2D eigenvalue weighted by Gasteiger charge is -2.15. The predicted molar refractivity (Wildman–Crippen MR) is 127 cm³/mol. The van der Waals surface area contributed by atoms with E-state index in [1.54, 1.807) is 36.4 Å². The molecule has 0 saturated carbocycles. The minimum atomic E-state index is -0.378. The van der Waals surface area contributed by atoms with E-state index >= 15 is 0 Å². The lowest BCUT2D eigenvalue weighted by atomic mass is 10.1. The summed E-state index contributed by atoms with van der Waals surface area (Å²) >= 11 is 5.85. The summed E-state index contributed by atoms with van der Waals surface area (Å²) in [6, 6.07) is 15.8. The van der Waals surface area contributed by atoms with E-state index < -0.39 is 0 Å². The number of carbonyl (C=O) groups excluding carboxylic acids is 2. The third kappa shape index (κ3) is 4.63. The molecule has 1 aliphatic rings. The number of aryl methyl sites for hydroxylation is 1. The third-order valence-electron chi connectivity index (χ3n) is 5.19. The molecule has 32 heavy (non-hydrogen) atoms. The minimum absolute atomic E-state index is 0.300. The van der Waals surface area contributed by atoms with Gasteiger partial charge in [-0.05, 0) is 42.8 Å². The summed E-state index contributed by atoms with van der Waals surface area (Å²) in [5.74, 6) is 0.613. The summed E-state index contributed by atoms with van der Waals surface area (Å²) in [5.41, 5.74) is 3.02. The van der Waals surface area contributed by atoms with Crippen molar-refractivity contribution < 1.29 is 9.59 Å². The zero-order chi connectivity index (χ0) is 22.7. The number of amides is 2. The second-order valence-corrected chi connectivity index (χ2v) is 7.91. The van der Waals surface area contributed by atoms with Crippen LogP contribution >= 0.6 is 11.6 Å². The van der Waals surface area contributed by atoms with Crippen LogP contribution in [0, 0.1) is 6.92 Å². The average molecular weight is 448 g/mol. The van der Waals surface area contributed by atoms with Gasteiger partial charge in [0, 0.05) is 30.9 Å². The Labute approximate surface area is 191 Å². The van der Waals surface area contributed by atoms with Gasteiger partial charge in [-0.25, -0.2) is 4.98 Å². The number of hydrogen-bond donors (Lipinski definition) is 2. The Morgan fingerprint density at radius 3 is 2.44 bits per heavy atom. The SMILES string of the molecule is Cc1cccc(C(=O)Nc2ccc(Cl)cn2)c1NC(=O)c1ccc(C2=NCCN2C)cc1. The van der Waals surface area contributed by atoms with E-state index in [9.17, 15) is 9.59 Å². The van der Waals surface area contributed by atoms with Crippen LogP contribution in [0.25, 0.3) is 0 Å². The number of aliphatic imine (C=N–C) groups is 1. The number of nitrogens with zero attached hydrogens (tertiary/aromatic N) is 3. The van der Waals surface area contributed by atoms with Crippen LogP contribution in [0.3, 0.4) is 0 Å². The van der Waals surface area contributed by atoms with Gasteiger partial charge in [0.05, 0.1) is 22.8 Å². The number of hydrogen-bond acceptors (Lipinski definition) is 5. The van der Waals surface area contributed by atoms with Crippen LogP contribution in [0.2, 0.25) is 5.02 Å². The number of halogens is 1. The van der Waals surface area contributed by atoms with Gasteiger partial charge in [0.2, 0.25) is 0 Å². The van der Waals surface area contributed by atoms with E-state index in [0.29, 0.717) is 27.7 Å². The molecule has 0 radical (unpaired) electrons. The molecule has 2 N–H and O–H groups in total. The Bertz CT molecular complexity index is 1190. The maximum absolute atomic E-state index is 12.9. The lowest BCUT2D eigenvalue weighted by molar-refractivity contribution is 0.102. The maximum Gasteiger partial charge on any atom is 0.258 e. The second kappa shape index (κ2) is 9.20. The molecule has 0 unspecified atom stereocenters. The van der Waals surface area contributed by atoms with Crippen LogP contribution in [0.4, 0.5) is 11.5 Å². The first kappa shape index (κ1) is 21.5. The van der Waals surface area contributed by atoms with Gasteiger partial charge in [-0.2, -0.15) is 0 Å². The fraction of sp³-hybridized carbons (Fsp3) is 0.167. The zero-order valence-corrected chi connectivity index (χ0v) is 18.5. The van der Waals surface area contributed by atoms with E-state index in [0.717, 1.165) is 30.1 Å². The van der Waals surface area contributed by atoms with Crippen molar-refractivity contribution in [3.05, 3.63) is 88.1 Å². The van der Waals surface area contributed by atoms with Crippen molar-refractivity contribution in [3.63, 3.8) is 0 Å². The molecule has 0 aliphatic carbocycles. The maximum atomic E-state index is 12.9. The summed E-state index contributed by atoms with van der Waals surface area (Å²) < 4.78 is 0. The van der Waals surface area contributed by atoms with Crippen molar-refractivity contribution in [2.75, 3.05) is 30.8 Å². The van der Waals surface area contributed by atoms with Crippen LogP contribution < -0.4 is 10.6 Å². The first-order valence-corrected chi connectivity index (χ1v) is 10.5. The van der Waals surface area contributed by atoms with E-state index in [2.05, 4.69) is 25.5 Å². The first-order chi connectivity index (χ1) is 15.4. The third-order valence-corrected chi connectivity index (χ3v) is 5.41. The van der Waals surface area contributed by atoms with Crippen molar-refractivity contribution in [1.82, 2.24) is 9.88 Å². The number of nitrogens with one attached hydrogen (secondary N) is 2. The molecule has 1 aliphatic heterocycles. The lowest BCUT2D eigenvalue weighted by Crippen LogP contribution is -2.23. The minimum Gasteiger partial charge on any atom is -0.358 e. The fourth-order valence-corrected chi connectivity index (χ4v) is 3.57. The van der Waals surface area contributed by atoms with E-state index in [1.165, 1.54) is 6.20 Å². The number of aromatic nitrogens is 1. The number of amidine groups is 1. The quantitative estimate of drug-likeness (QED) is 0.612. The van der Waals surface area contributed by atoms with Crippen LogP contribution in [0.5, 0.6) is 0 Å². The van der Waals surface area contributed by atoms with Crippen LogP contribution in [-0.4, -0.2) is 47.7 Å². The molecule has 0 saturated heterocycles. The van der Waals surface area contributed by atoms with Crippen LogP contribution in [-0.2, 0) is 0 Å².